The predicted molar refractivity (Wildman–Crippen MR) is 45.5 cm³/mol. The number of nitrogens with zero attached hydrogens (tertiary/aromatic N) is 3. The van der Waals surface area contributed by atoms with E-state index in [9.17, 15) is 0 Å². The monoisotopic (exact) mass is 163 g/mol. The molecule has 0 amide bonds. The van der Waals surface area contributed by atoms with Crippen LogP contribution in [0.25, 0.3) is 5.65 Å². The molecule has 0 spiro atoms. The summed E-state index contributed by atoms with van der Waals surface area (Å²) in [6.45, 7) is 2.00. The van der Waals surface area contributed by atoms with Crippen LogP contribution in [0.1, 0.15) is 5.56 Å². The highest BCUT2D eigenvalue weighted by molar-refractivity contribution is 5.43. The Morgan fingerprint density at radius 2 is 2.33 bits per heavy atom. The van der Waals surface area contributed by atoms with Crippen molar-refractivity contribution in [3.8, 4) is 0 Å². The van der Waals surface area contributed by atoms with Crippen LogP contribution in [0.3, 0.4) is 0 Å². The first-order valence-corrected chi connectivity index (χ1v) is 3.59. The number of hydrogen-bond donors (Lipinski definition) is 2. The standard InChI is InChI=1S/C7H9N5/c1-5-2-3-6-9-7(10-8)11-12(6)4-5/h2-4H,8H2,1H3,(H,10,11). The lowest BCUT2D eigenvalue weighted by Crippen LogP contribution is -2.08. The largest absolute Gasteiger partial charge is 0.291 e. The summed E-state index contributed by atoms with van der Waals surface area (Å²) in [5.41, 5.74) is 4.31. The molecule has 5 nitrogen and oxygen atoms in total. The van der Waals surface area contributed by atoms with Crippen LogP contribution in [0.4, 0.5) is 5.95 Å². The average molecular weight is 163 g/mol. The summed E-state index contributed by atoms with van der Waals surface area (Å²) in [5, 5.41) is 4.06. The van der Waals surface area contributed by atoms with Gasteiger partial charge in [0.1, 0.15) is 0 Å². The molecule has 0 aliphatic heterocycles. The minimum absolute atomic E-state index is 0.431. The molecule has 0 bridgehead atoms. The molecule has 2 heterocycles. The third kappa shape index (κ3) is 0.998. The highest BCUT2D eigenvalue weighted by Crippen LogP contribution is 2.05. The Bertz CT molecular complexity index is 405. The highest BCUT2D eigenvalue weighted by Gasteiger charge is 1.99. The zero-order valence-electron chi connectivity index (χ0n) is 6.65. The number of pyridine rings is 1. The van der Waals surface area contributed by atoms with Crippen LogP contribution in [0.2, 0.25) is 0 Å². The predicted octanol–water partition coefficient (Wildman–Crippen LogP) is 0.323. The van der Waals surface area contributed by atoms with Gasteiger partial charge in [-0.15, -0.1) is 5.10 Å². The van der Waals surface area contributed by atoms with Gasteiger partial charge in [0.05, 0.1) is 0 Å². The number of hydrazine groups is 1. The summed E-state index contributed by atoms with van der Waals surface area (Å²) in [6, 6.07) is 3.87. The van der Waals surface area contributed by atoms with E-state index < -0.39 is 0 Å². The van der Waals surface area contributed by atoms with Crippen molar-refractivity contribution in [2.45, 2.75) is 6.92 Å². The summed E-state index contributed by atoms with van der Waals surface area (Å²) in [4.78, 5) is 4.09. The molecule has 0 aliphatic carbocycles. The maximum Gasteiger partial charge on any atom is 0.257 e. The molecule has 0 saturated carbocycles. The maximum absolute atomic E-state index is 5.16. The van der Waals surface area contributed by atoms with E-state index in [2.05, 4.69) is 15.5 Å². The van der Waals surface area contributed by atoms with Crippen molar-refractivity contribution in [2.24, 2.45) is 5.84 Å². The molecule has 62 valence electrons. The van der Waals surface area contributed by atoms with Gasteiger partial charge in [-0.05, 0) is 18.6 Å². The van der Waals surface area contributed by atoms with E-state index in [1.54, 1.807) is 4.52 Å². The number of aryl methyl sites for hydroxylation is 1. The number of nitrogens with one attached hydrogen (secondary N) is 1. The Morgan fingerprint density at radius 3 is 3.08 bits per heavy atom. The zero-order chi connectivity index (χ0) is 8.55. The number of anilines is 1. The van der Waals surface area contributed by atoms with Gasteiger partial charge in [0.25, 0.3) is 5.95 Å². The Hall–Kier alpha value is -1.62. The second-order valence-corrected chi connectivity index (χ2v) is 2.59. The normalized spacial score (nSPS) is 10.5. The van der Waals surface area contributed by atoms with Crippen LogP contribution in [0, 0.1) is 6.92 Å². The van der Waals surface area contributed by atoms with Crippen LogP contribution in [0.5, 0.6) is 0 Å². The van der Waals surface area contributed by atoms with Gasteiger partial charge >= 0.3 is 0 Å². The summed E-state index contributed by atoms with van der Waals surface area (Å²) >= 11 is 0. The second-order valence-electron chi connectivity index (χ2n) is 2.59. The first-order chi connectivity index (χ1) is 5.79. The van der Waals surface area contributed by atoms with Crippen molar-refractivity contribution in [2.75, 3.05) is 5.43 Å². The van der Waals surface area contributed by atoms with Crippen molar-refractivity contribution >= 4 is 11.6 Å². The van der Waals surface area contributed by atoms with Gasteiger partial charge in [-0.2, -0.15) is 4.98 Å². The van der Waals surface area contributed by atoms with Gasteiger partial charge in [-0.25, -0.2) is 10.4 Å². The molecule has 2 aromatic heterocycles. The highest BCUT2D eigenvalue weighted by atomic mass is 15.4. The van der Waals surface area contributed by atoms with E-state index in [-0.39, 0.29) is 0 Å². The van der Waals surface area contributed by atoms with E-state index in [0.717, 1.165) is 11.2 Å². The molecule has 0 unspecified atom stereocenters. The average Bonchev–Trinajstić information content (AvgIpc) is 2.46. The molecule has 12 heavy (non-hydrogen) atoms. The Labute approximate surface area is 69.2 Å². The van der Waals surface area contributed by atoms with Crippen LogP contribution < -0.4 is 11.3 Å². The summed E-state index contributed by atoms with van der Waals surface area (Å²) in [5.74, 6) is 5.59. The van der Waals surface area contributed by atoms with Crippen molar-refractivity contribution < 1.29 is 0 Å². The van der Waals surface area contributed by atoms with Crippen molar-refractivity contribution in [1.82, 2.24) is 14.6 Å². The Kier molecular flexibility index (Phi) is 1.44. The SMILES string of the molecule is Cc1ccc2nc(NN)nn2c1. The lowest BCUT2D eigenvalue weighted by Gasteiger charge is -1.91. The smallest absolute Gasteiger partial charge is 0.257 e. The Balaban J connectivity index is 2.67. The van der Waals surface area contributed by atoms with Gasteiger partial charge in [0.2, 0.25) is 0 Å². The van der Waals surface area contributed by atoms with E-state index in [1.807, 2.05) is 25.3 Å². The second kappa shape index (κ2) is 2.46. The van der Waals surface area contributed by atoms with Gasteiger partial charge in [0, 0.05) is 6.20 Å². The van der Waals surface area contributed by atoms with Crippen molar-refractivity contribution in [1.29, 1.82) is 0 Å². The molecule has 0 fully saturated rings. The molecule has 0 saturated heterocycles. The molecular formula is C7H9N5. The maximum atomic E-state index is 5.16. The number of aromatic nitrogens is 3. The fourth-order valence-corrected chi connectivity index (χ4v) is 1.05. The molecule has 0 atom stereocenters. The van der Waals surface area contributed by atoms with Gasteiger partial charge in [0.15, 0.2) is 5.65 Å². The number of hydrogen-bond acceptors (Lipinski definition) is 4. The molecule has 3 N–H and O–H groups in total. The topological polar surface area (TPSA) is 68.2 Å². The number of rotatable bonds is 1. The van der Waals surface area contributed by atoms with Crippen LogP contribution >= 0.6 is 0 Å². The first-order valence-electron chi connectivity index (χ1n) is 3.59. The lowest BCUT2D eigenvalue weighted by atomic mass is 10.3. The number of nitrogens with two attached hydrogens (primary N) is 1. The quantitative estimate of drug-likeness (QED) is 0.469. The molecular weight excluding hydrogens is 154 g/mol. The molecule has 2 aromatic rings. The summed E-state index contributed by atoms with van der Waals surface area (Å²) in [7, 11) is 0. The Morgan fingerprint density at radius 1 is 1.50 bits per heavy atom. The molecule has 2 rings (SSSR count). The molecule has 5 heteroatoms. The van der Waals surface area contributed by atoms with E-state index in [1.165, 1.54) is 0 Å². The van der Waals surface area contributed by atoms with E-state index in [0.29, 0.717) is 5.95 Å². The fraction of sp³-hybridized carbons (Fsp3) is 0.143. The van der Waals surface area contributed by atoms with Gasteiger partial charge in [-0.1, -0.05) is 6.07 Å². The van der Waals surface area contributed by atoms with Gasteiger partial charge < -0.3 is 0 Å². The third-order valence-electron chi connectivity index (χ3n) is 1.61. The van der Waals surface area contributed by atoms with Crippen LogP contribution in [-0.2, 0) is 0 Å². The lowest BCUT2D eigenvalue weighted by molar-refractivity contribution is 0.949. The fourth-order valence-electron chi connectivity index (χ4n) is 1.05. The third-order valence-corrected chi connectivity index (χ3v) is 1.61. The van der Waals surface area contributed by atoms with Gasteiger partial charge in [-0.3, -0.25) is 5.43 Å². The number of fused-ring (bicyclic) bond motifs is 1. The molecule has 0 radical (unpaired) electrons. The minimum Gasteiger partial charge on any atom is -0.291 e. The van der Waals surface area contributed by atoms with Crippen molar-refractivity contribution in [3.05, 3.63) is 23.9 Å². The van der Waals surface area contributed by atoms with Crippen LogP contribution in [-0.4, -0.2) is 14.6 Å². The number of nitrogen functional groups attached to an aromatic ring is 1. The van der Waals surface area contributed by atoms with E-state index in [4.69, 9.17) is 5.84 Å². The van der Waals surface area contributed by atoms with Crippen LogP contribution in [0.15, 0.2) is 18.3 Å². The van der Waals surface area contributed by atoms with Crippen molar-refractivity contribution in [3.63, 3.8) is 0 Å². The summed E-state index contributed by atoms with van der Waals surface area (Å²) < 4.78 is 1.69. The summed E-state index contributed by atoms with van der Waals surface area (Å²) in [6.07, 6.45) is 1.89. The molecule has 0 aliphatic rings. The molecule has 0 aromatic carbocycles. The zero-order valence-corrected chi connectivity index (χ0v) is 6.65. The first kappa shape index (κ1) is 7.05. The van der Waals surface area contributed by atoms with E-state index >= 15 is 0 Å². The minimum atomic E-state index is 0.431.